The molecule has 0 amide bonds. The third-order valence-corrected chi connectivity index (χ3v) is 5.24. The lowest BCUT2D eigenvalue weighted by molar-refractivity contribution is -0.121. The normalized spacial score (nSPS) is 24.3. The SMILES string of the molecule is Cc1ccc(COPI)cc1C1CC(=O)CCC1C. The monoisotopic (exact) mass is 390 g/mol. The molecule has 1 aromatic carbocycles. The van der Waals surface area contributed by atoms with Gasteiger partial charge in [0.2, 0.25) is 0 Å². The second kappa shape index (κ2) is 7.14. The maximum atomic E-state index is 11.7. The van der Waals surface area contributed by atoms with E-state index in [-0.39, 0.29) is 0 Å². The Kier molecular flexibility index (Phi) is 5.79. The molecule has 1 saturated carbocycles. The molecule has 104 valence electrons. The Hall–Kier alpha value is 0.01000. The Morgan fingerprint density at radius 3 is 3.00 bits per heavy atom. The third kappa shape index (κ3) is 3.99. The van der Waals surface area contributed by atoms with Crippen LogP contribution in [0, 0.1) is 12.8 Å². The lowest BCUT2D eigenvalue weighted by atomic mass is 9.74. The summed E-state index contributed by atoms with van der Waals surface area (Å²) in [5.41, 5.74) is 3.86. The average Bonchev–Trinajstić information content (AvgIpc) is 2.41. The van der Waals surface area contributed by atoms with Gasteiger partial charge in [-0.05, 0) is 63.9 Å². The first-order valence-corrected chi connectivity index (χ1v) is 10.7. The maximum absolute atomic E-state index is 11.7. The van der Waals surface area contributed by atoms with Gasteiger partial charge in [-0.3, -0.25) is 4.79 Å². The van der Waals surface area contributed by atoms with Gasteiger partial charge in [0, 0.05) is 12.8 Å². The molecule has 4 heteroatoms. The van der Waals surface area contributed by atoms with Crippen LogP contribution < -0.4 is 0 Å². The Morgan fingerprint density at radius 1 is 1.47 bits per heavy atom. The van der Waals surface area contributed by atoms with Gasteiger partial charge in [0.25, 0.3) is 0 Å². The van der Waals surface area contributed by atoms with Gasteiger partial charge in [0.15, 0.2) is 0 Å². The Balaban J connectivity index is 2.23. The summed E-state index contributed by atoms with van der Waals surface area (Å²) < 4.78 is 5.50. The van der Waals surface area contributed by atoms with Gasteiger partial charge < -0.3 is 4.52 Å². The van der Waals surface area contributed by atoms with Crippen molar-refractivity contribution in [2.75, 3.05) is 0 Å². The van der Waals surface area contributed by atoms with Crippen molar-refractivity contribution < 1.29 is 9.32 Å². The van der Waals surface area contributed by atoms with Crippen LogP contribution in [0.25, 0.3) is 0 Å². The van der Waals surface area contributed by atoms with Gasteiger partial charge in [-0.25, -0.2) is 0 Å². The van der Waals surface area contributed by atoms with Gasteiger partial charge in [-0.2, -0.15) is 0 Å². The number of benzene rings is 1. The van der Waals surface area contributed by atoms with Gasteiger partial charge in [0.05, 0.1) is 13.1 Å². The number of aryl methyl sites for hydroxylation is 1. The lowest BCUT2D eigenvalue weighted by Crippen LogP contribution is -2.22. The molecule has 0 bridgehead atoms. The van der Waals surface area contributed by atoms with Crippen LogP contribution in [0.2, 0.25) is 0 Å². The number of halogens is 1. The minimum absolute atomic E-state index is 0.392. The quantitative estimate of drug-likeness (QED) is 0.539. The number of carbonyl (C=O) groups excluding carboxylic acids is 1. The first-order chi connectivity index (χ1) is 9.11. The maximum Gasteiger partial charge on any atom is 0.133 e. The van der Waals surface area contributed by atoms with E-state index in [1.54, 1.807) is 0 Å². The number of rotatable bonds is 4. The van der Waals surface area contributed by atoms with Crippen molar-refractivity contribution in [1.82, 2.24) is 0 Å². The molecule has 1 aliphatic carbocycles. The highest BCUT2D eigenvalue weighted by Gasteiger charge is 2.28. The second-order valence-electron chi connectivity index (χ2n) is 5.42. The fourth-order valence-electron chi connectivity index (χ4n) is 2.84. The third-order valence-electron chi connectivity index (χ3n) is 4.05. The summed E-state index contributed by atoms with van der Waals surface area (Å²) in [7, 11) is 0. The van der Waals surface area contributed by atoms with Crippen molar-refractivity contribution in [2.24, 2.45) is 5.92 Å². The van der Waals surface area contributed by atoms with Crippen LogP contribution in [0.5, 0.6) is 0 Å². The van der Waals surface area contributed by atoms with Crippen molar-refractivity contribution in [1.29, 1.82) is 0 Å². The lowest BCUT2D eigenvalue weighted by Gasteiger charge is -2.29. The van der Waals surface area contributed by atoms with E-state index in [1.165, 1.54) is 16.7 Å². The molecule has 0 aromatic heterocycles. The molecule has 0 saturated heterocycles. The molecular formula is C15H20IO2P. The summed E-state index contributed by atoms with van der Waals surface area (Å²) in [6.07, 6.45) is 2.49. The zero-order chi connectivity index (χ0) is 13.8. The molecule has 0 N–H and O–H groups in total. The number of hydrogen-bond acceptors (Lipinski definition) is 2. The van der Waals surface area contributed by atoms with Crippen LogP contribution in [-0.2, 0) is 15.9 Å². The standard InChI is InChI=1S/C15H20IO2P/c1-10-3-5-12(9-18-19-16)7-14(10)15-8-13(17)6-4-11(15)2/h3,5,7,11,15,19H,4,6,8-9H2,1-2H3. The van der Waals surface area contributed by atoms with Gasteiger partial charge in [-0.15, -0.1) is 0 Å². The molecule has 2 rings (SSSR count). The van der Waals surface area contributed by atoms with Crippen molar-refractivity contribution >= 4 is 34.3 Å². The molecule has 3 atom stereocenters. The molecule has 1 fully saturated rings. The van der Waals surface area contributed by atoms with Crippen molar-refractivity contribution in [3.8, 4) is 0 Å². The van der Waals surface area contributed by atoms with Gasteiger partial charge >= 0.3 is 0 Å². The molecule has 0 heterocycles. The number of Topliss-reactive ketones (excluding diaryl/α,β-unsaturated/α-hetero) is 1. The van der Waals surface area contributed by atoms with E-state index in [1.807, 2.05) is 0 Å². The first kappa shape index (κ1) is 15.4. The van der Waals surface area contributed by atoms with Gasteiger partial charge in [0.1, 0.15) is 5.78 Å². The van der Waals surface area contributed by atoms with E-state index in [9.17, 15) is 4.79 Å². The molecular weight excluding hydrogens is 370 g/mol. The molecule has 1 aromatic rings. The highest BCUT2D eigenvalue weighted by molar-refractivity contribution is 14.2. The second-order valence-corrected chi connectivity index (χ2v) is 7.19. The minimum Gasteiger partial charge on any atom is -0.347 e. The van der Waals surface area contributed by atoms with E-state index < -0.39 is 0 Å². The Morgan fingerprint density at radius 2 is 2.26 bits per heavy atom. The highest BCUT2D eigenvalue weighted by Crippen LogP contribution is 2.38. The predicted molar refractivity (Wildman–Crippen MR) is 89.1 cm³/mol. The summed E-state index contributed by atoms with van der Waals surface area (Å²) in [4.78, 5) is 11.7. The number of carbonyl (C=O) groups is 1. The van der Waals surface area contributed by atoms with E-state index in [4.69, 9.17) is 4.52 Å². The van der Waals surface area contributed by atoms with E-state index in [2.05, 4.69) is 54.1 Å². The predicted octanol–water partition coefficient (Wildman–Crippen LogP) is 4.93. The van der Waals surface area contributed by atoms with Crippen LogP contribution >= 0.6 is 28.5 Å². The summed E-state index contributed by atoms with van der Waals surface area (Å²) in [5.74, 6) is 1.40. The highest BCUT2D eigenvalue weighted by atomic mass is 127. The van der Waals surface area contributed by atoms with Crippen molar-refractivity contribution in [3.63, 3.8) is 0 Å². The average molecular weight is 390 g/mol. The van der Waals surface area contributed by atoms with Gasteiger partial charge in [-0.1, -0.05) is 25.1 Å². The molecule has 0 radical (unpaired) electrons. The largest absolute Gasteiger partial charge is 0.347 e. The fraction of sp³-hybridized carbons (Fsp3) is 0.533. The van der Waals surface area contributed by atoms with Crippen LogP contribution in [-0.4, -0.2) is 5.78 Å². The molecule has 0 aliphatic heterocycles. The van der Waals surface area contributed by atoms with E-state index in [0.717, 1.165) is 12.8 Å². The van der Waals surface area contributed by atoms with Crippen LogP contribution in [0.1, 0.15) is 48.8 Å². The Labute approximate surface area is 130 Å². The topological polar surface area (TPSA) is 26.3 Å². The summed E-state index contributed by atoms with van der Waals surface area (Å²) >= 11 is 2.24. The molecule has 2 nitrogen and oxygen atoms in total. The molecule has 1 aliphatic rings. The zero-order valence-corrected chi connectivity index (χ0v) is 14.6. The fourth-order valence-corrected chi connectivity index (χ4v) is 3.53. The van der Waals surface area contributed by atoms with Crippen molar-refractivity contribution in [3.05, 3.63) is 34.9 Å². The molecule has 3 unspecified atom stereocenters. The number of hydrogen-bond donors (Lipinski definition) is 0. The summed E-state index contributed by atoms with van der Waals surface area (Å²) in [5, 5.41) is 0. The van der Waals surface area contributed by atoms with Crippen LogP contribution in [0.15, 0.2) is 18.2 Å². The van der Waals surface area contributed by atoms with Crippen molar-refractivity contribution in [2.45, 2.75) is 45.6 Å². The van der Waals surface area contributed by atoms with E-state index in [0.29, 0.717) is 37.1 Å². The summed E-state index contributed by atoms with van der Waals surface area (Å²) in [6.45, 7) is 5.58. The Bertz CT molecular complexity index is 461. The summed E-state index contributed by atoms with van der Waals surface area (Å²) in [6, 6.07) is 6.53. The minimum atomic E-state index is 0.392. The molecule has 19 heavy (non-hydrogen) atoms. The smallest absolute Gasteiger partial charge is 0.133 e. The first-order valence-electron chi connectivity index (χ1n) is 6.70. The van der Waals surface area contributed by atoms with Crippen LogP contribution in [0.4, 0.5) is 0 Å². The van der Waals surface area contributed by atoms with E-state index >= 15 is 0 Å². The van der Waals surface area contributed by atoms with Crippen LogP contribution in [0.3, 0.4) is 0 Å². The number of ketones is 1. The molecule has 0 spiro atoms. The zero-order valence-electron chi connectivity index (χ0n) is 11.4.